The van der Waals surface area contributed by atoms with Crippen LogP contribution in [0.2, 0.25) is 0 Å². The van der Waals surface area contributed by atoms with Crippen LogP contribution in [0.5, 0.6) is 0 Å². The number of aryl methyl sites for hydroxylation is 1. The number of benzene rings is 1. The highest BCUT2D eigenvalue weighted by Gasteiger charge is 2.45. The van der Waals surface area contributed by atoms with E-state index in [0.29, 0.717) is 43.9 Å². The van der Waals surface area contributed by atoms with Gasteiger partial charge in [0.05, 0.1) is 5.56 Å². The number of hydrogen-bond donors (Lipinski definition) is 1. The molecule has 2 fully saturated rings. The van der Waals surface area contributed by atoms with Crippen molar-refractivity contribution < 1.29 is 27.1 Å². The van der Waals surface area contributed by atoms with Crippen molar-refractivity contribution in [2.75, 3.05) is 18.4 Å². The summed E-state index contributed by atoms with van der Waals surface area (Å²) in [6, 6.07) is 2.80. The molecule has 0 spiro atoms. The zero-order chi connectivity index (χ0) is 25.8. The van der Waals surface area contributed by atoms with Crippen molar-refractivity contribution in [1.82, 2.24) is 19.7 Å². The van der Waals surface area contributed by atoms with Gasteiger partial charge in [-0.3, -0.25) is 0 Å². The van der Waals surface area contributed by atoms with Crippen molar-refractivity contribution in [2.45, 2.75) is 76.7 Å². The van der Waals surface area contributed by atoms with Gasteiger partial charge in [-0.1, -0.05) is 6.07 Å². The highest BCUT2D eigenvalue weighted by Crippen LogP contribution is 2.40. The number of halogens is 4. The second-order valence-electron chi connectivity index (χ2n) is 11.1. The normalized spacial score (nSPS) is 26.0. The van der Waals surface area contributed by atoms with Crippen molar-refractivity contribution in [3.8, 4) is 0 Å². The molecule has 11 heteroatoms. The van der Waals surface area contributed by atoms with E-state index >= 15 is 0 Å². The number of alkyl halides is 3. The van der Waals surface area contributed by atoms with Gasteiger partial charge in [0.2, 0.25) is 5.95 Å². The number of amides is 1. The molecular formula is C25H31F4N5O2. The number of aromatic nitrogens is 3. The van der Waals surface area contributed by atoms with Crippen LogP contribution in [-0.2, 0) is 17.5 Å². The lowest BCUT2D eigenvalue weighted by Crippen LogP contribution is -2.51. The molecule has 2 bridgehead atoms. The quantitative estimate of drug-likeness (QED) is 0.560. The molecule has 7 nitrogen and oxygen atoms in total. The van der Waals surface area contributed by atoms with Crippen LogP contribution >= 0.6 is 0 Å². The molecule has 2 aliphatic heterocycles. The second kappa shape index (κ2) is 8.92. The third-order valence-corrected chi connectivity index (χ3v) is 7.36. The smallest absolute Gasteiger partial charge is 0.416 e. The molecule has 2 aromatic rings. The van der Waals surface area contributed by atoms with Crippen LogP contribution in [0.3, 0.4) is 0 Å². The predicted octanol–water partition coefficient (Wildman–Crippen LogP) is 5.42. The fourth-order valence-corrected chi connectivity index (χ4v) is 5.78. The maximum absolute atomic E-state index is 14.7. The Labute approximate surface area is 207 Å². The van der Waals surface area contributed by atoms with Gasteiger partial charge in [0.15, 0.2) is 0 Å². The number of nitrogens with one attached hydrogen (secondary N) is 1. The predicted molar refractivity (Wildman–Crippen MR) is 124 cm³/mol. The Hall–Kier alpha value is -2.85. The van der Waals surface area contributed by atoms with Crippen LogP contribution in [0.1, 0.15) is 69.3 Å². The number of nitrogens with zero attached hydrogens (tertiary/aromatic N) is 4. The fraction of sp³-hybridized carbons (Fsp3) is 0.640. The molecule has 5 rings (SSSR count). The summed E-state index contributed by atoms with van der Waals surface area (Å²) >= 11 is 0. The Morgan fingerprint density at radius 1 is 1.11 bits per heavy atom. The minimum Gasteiger partial charge on any atom is -0.444 e. The molecule has 3 aliphatic rings. The van der Waals surface area contributed by atoms with E-state index in [1.807, 2.05) is 20.8 Å². The summed E-state index contributed by atoms with van der Waals surface area (Å²) in [4.78, 5) is 19.0. The summed E-state index contributed by atoms with van der Waals surface area (Å²) in [5, 5.41) is 8.05. The SMILES string of the molecule is CC(C)(C)OC(=O)N1C[C@H]2CC[C@@H](C1)C2Nc1nc2n(n1)CCCC2c1ccc(C(F)(F)F)cc1F. The summed E-state index contributed by atoms with van der Waals surface area (Å²) in [5.74, 6) is 0.126. The molecule has 4 atom stereocenters. The van der Waals surface area contributed by atoms with Crippen LogP contribution < -0.4 is 5.32 Å². The standard InChI is InChI=1S/C25H31F4N5O2/c1-24(2,3)36-23(35)33-12-14-6-7-15(13-33)20(14)30-22-31-21-18(5-4-10-34(21)32-22)17-9-8-16(11-19(17)26)25(27,28)29/h8-9,11,14-15,18,20H,4-7,10,12-13H2,1-3H3,(H,30,32)/t14-,15+,18?,20?. The van der Waals surface area contributed by atoms with Crippen LogP contribution in [-0.4, -0.2) is 50.5 Å². The Kier molecular flexibility index (Phi) is 6.15. The maximum atomic E-state index is 14.7. The number of ether oxygens (including phenoxy) is 1. The van der Waals surface area contributed by atoms with E-state index in [1.54, 1.807) is 9.58 Å². The Bertz CT molecular complexity index is 1130. The van der Waals surface area contributed by atoms with Gasteiger partial charge in [-0.05, 0) is 76.0 Å². The summed E-state index contributed by atoms with van der Waals surface area (Å²) in [6.07, 6.45) is -1.62. The Morgan fingerprint density at radius 3 is 2.42 bits per heavy atom. The second-order valence-corrected chi connectivity index (χ2v) is 11.1. The van der Waals surface area contributed by atoms with Gasteiger partial charge in [-0.15, -0.1) is 5.10 Å². The largest absolute Gasteiger partial charge is 0.444 e. The van der Waals surface area contributed by atoms with Gasteiger partial charge in [0.25, 0.3) is 0 Å². The number of hydrogen-bond acceptors (Lipinski definition) is 5. The molecule has 1 saturated carbocycles. The highest BCUT2D eigenvalue weighted by atomic mass is 19.4. The van der Waals surface area contributed by atoms with Crippen molar-refractivity contribution in [2.24, 2.45) is 11.8 Å². The molecule has 1 aromatic heterocycles. The number of carbonyl (C=O) groups is 1. The van der Waals surface area contributed by atoms with E-state index in [0.717, 1.165) is 25.3 Å². The fourth-order valence-electron chi connectivity index (χ4n) is 5.78. The Morgan fingerprint density at radius 2 is 1.81 bits per heavy atom. The number of fused-ring (bicyclic) bond motifs is 3. The molecule has 1 N–H and O–H groups in total. The number of likely N-dealkylation sites (tertiary alicyclic amines) is 1. The molecule has 1 aliphatic carbocycles. The maximum Gasteiger partial charge on any atom is 0.416 e. The van der Waals surface area contributed by atoms with E-state index in [2.05, 4.69) is 15.4 Å². The van der Waals surface area contributed by atoms with E-state index in [1.165, 1.54) is 6.07 Å². The number of carbonyl (C=O) groups excluding carboxylic acids is 1. The first-order chi connectivity index (χ1) is 16.9. The van der Waals surface area contributed by atoms with Crippen LogP contribution in [0.4, 0.5) is 28.3 Å². The molecule has 36 heavy (non-hydrogen) atoms. The first-order valence-electron chi connectivity index (χ1n) is 12.4. The minimum absolute atomic E-state index is 0.106. The number of piperidine rings is 1. The third-order valence-electron chi connectivity index (χ3n) is 7.36. The van der Waals surface area contributed by atoms with Crippen LogP contribution in [0, 0.1) is 17.7 Å². The average Bonchev–Trinajstić information content (AvgIpc) is 3.28. The molecule has 0 radical (unpaired) electrons. The Balaban J connectivity index is 1.31. The van der Waals surface area contributed by atoms with Crippen molar-refractivity contribution >= 4 is 12.0 Å². The number of rotatable bonds is 3. The lowest BCUT2D eigenvalue weighted by atomic mass is 9.90. The van der Waals surface area contributed by atoms with Crippen molar-refractivity contribution in [3.63, 3.8) is 0 Å². The van der Waals surface area contributed by atoms with Gasteiger partial charge in [-0.2, -0.15) is 18.2 Å². The summed E-state index contributed by atoms with van der Waals surface area (Å²) in [6.45, 7) is 7.36. The summed E-state index contributed by atoms with van der Waals surface area (Å²) in [7, 11) is 0. The van der Waals surface area contributed by atoms with Crippen LogP contribution in [0.25, 0.3) is 0 Å². The zero-order valence-corrected chi connectivity index (χ0v) is 20.6. The molecule has 2 unspecified atom stereocenters. The van der Waals surface area contributed by atoms with Gasteiger partial charge in [0.1, 0.15) is 17.2 Å². The van der Waals surface area contributed by atoms with E-state index in [9.17, 15) is 22.4 Å². The molecular weight excluding hydrogens is 478 g/mol. The molecule has 1 aromatic carbocycles. The van der Waals surface area contributed by atoms with E-state index < -0.39 is 29.1 Å². The van der Waals surface area contributed by atoms with Crippen molar-refractivity contribution in [1.29, 1.82) is 0 Å². The van der Waals surface area contributed by atoms with Gasteiger partial charge >= 0.3 is 12.3 Å². The zero-order valence-electron chi connectivity index (χ0n) is 20.6. The number of anilines is 1. The lowest BCUT2D eigenvalue weighted by molar-refractivity contribution is -0.137. The molecule has 3 heterocycles. The molecule has 196 valence electrons. The first kappa shape index (κ1) is 24.8. The van der Waals surface area contributed by atoms with Crippen LogP contribution in [0.15, 0.2) is 18.2 Å². The minimum atomic E-state index is -4.60. The highest BCUT2D eigenvalue weighted by molar-refractivity contribution is 5.68. The lowest BCUT2D eigenvalue weighted by Gasteiger charge is -2.38. The van der Waals surface area contributed by atoms with E-state index in [-0.39, 0.29) is 29.5 Å². The van der Waals surface area contributed by atoms with Gasteiger partial charge < -0.3 is 15.0 Å². The monoisotopic (exact) mass is 509 g/mol. The van der Waals surface area contributed by atoms with Gasteiger partial charge in [-0.25, -0.2) is 13.9 Å². The molecule has 1 saturated heterocycles. The third kappa shape index (κ3) is 4.88. The van der Waals surface area contributed by atoms with Gasteiger partial charge in [0, 0.05) is 31.6 Å². The van der Waals surface area contributed by atoms with Crippen molar-refractivity contribution in [3.05, 3.63) is 41.0 Å². The summed E-state index contributed by atoms with van der Waals surface area (Å²) < 4.78 is 61.0. The average molecular weight is 510 g/mol. The van der Waals surface area contributed by atoms with E-state index in [4.69, 9.17) is 4.74 Å². The topological polar surface area (TPSA) is 72.3 Å². The molecule has 1 amide bonds. The summed E-state index contributed by atoms with van der Waals surface area (Å²) in [5.41, 5.74) is -1.35. The first-order valence-corrected chi connectivity index (χ1v) is 12.4.